The zero-order valence-corrected chi connectivity index (χ0v) is 21.0. The van der Waals surface area contributed by atoms with E-state index >= 15 is 0 Å². The van der Waals surface area contributed by atoms with Gasteiger partial charge in [0, 0.05) is 26.2 Å². The quantitative estimate of drug-likeness (QED) is 0.624. The molecule has 0 aromatic heterocycles. The lowest BCUT2D eigenvalue weighted by molar-refractivity contribution is -0.140. The van der Waals surface area contributed by atoms with Gasteiger partial charge in [0.1, 0.15) is 6.61 Å². The Morgan fingerprint density at radius 2 is 1.92 bits per heavy atom. The summed E-state index contributed by atoms with van der Waals surface area (Å²) >= 11 is 0. The number of rotatable bonds is 3. The lowest BCUT2D eigenvalue weighted by Crippen LogP contribution is -2.63. The molecule has 1 spiro atoms. The molecule has 1 aromatic rings. The van der Waals surface area contributed by atoms with E-state index in [2.05, 4.69) is 5.32 Å². The number of fused-ring (bicyclic) bond motifs is 1. The van der Waals surface area contributed by atoms with Gasteiger partial charge in [0.05, 0.1) is 40.6 Å². The average molecular weight is 546 g/mol. The molecule has 4 heterocycles. The van der Waals surface area contributed by atoms with Crippen molar-refractivity contribution in [3.05, 3.63) is 29.8 Å². The number of ether oxygens (including phenoxy) is 2. The van der Waals surface area contributed by atoms with Crippen LogP contribution in [0.3, 0.4) is 0 Å². The van der Waals surface area contributed by atoms with Crippen LogP contribution in [-0.2, 0) is 30.3 Å². The van der Waals surface area contributed by atoms with Crippen LogP contribution in [-0.4, -0.2) is 93.0 Å². The number of nitrogens with zero attached hydrogens (tertiary/aromatic N) is 2. The fourth-order valence-corrected chi connectivity index (χ4v) is 7.47. The van der Waals surface area contributed by atoms with Gasteiger partial charge in [-0.1, -0.05) is 6.07 Å². The van der Waals surface area contributed by atoms with Gasteiger partial charge in [-0.3, -0.25) is 4.79 Å². The molecule has 3 amide bonds. The summed E-state index contributed by atoms with van der Waals surface area (Å²) in [5.74, 6) is -0.808. The molecule has 3 atom stereocenters. The maximum atomic E-state index is 13.1. The van der Waals surface area contributed by atoms with E-state index in [9.17, 15) is 31.2 Å². The molecule has 37 heavy (non-hydrogen) atoms. The van der Waals surface area contributed by atoms with Crippen LogP contribution in [0.4, 0.5) is 18.0 Å². The number of morpholine rings is 1. The lowest BCUT2D eigenvalue weighted by atomic mass is 9.86. The number of benzene rings is 1. The highest BCUT2D eigenvalue weighted by atomic mass is 32.2. The van der Waals surface area contributed by atoms with Crippen LogP contribution in [0.25, 0.3) is 0 Å². The predicted octanol–water partition coefficient (Wildman–Crippen LogP) is 2.06. The number of hydrogen-bond acceptors (Lipinski definition) is 6. The highest BCUT2D eigenvalue weighted by Gasteiger charge is 2.46. The number of piperidine rings is 2. The fraction of sp³-hybridized carbons (Fsp3) is 0.667. The van der Waals surface area contributed by atoms with E-state index in [4.69, 9.17) is 9.47 Å². The first kappa shape index (κ1) is 26.2. The minimum Gasteiger partial charge on any atom is -0.375 e. The third kappa shape index (κ3) is 5.58. The minimum absolute atomic E-state index is 0.0472. The van der Waals surface area contributed by atoms with Gasteiger partial charge >= 0.3 is 12.2 Å². The van der Waals surface area contributed by atoms with Crippen molar-refractivity contribution in [2.75, 3.05) is 45.1 Å². The van der Waals surface area contributed by atoms with E-state index in [-0.39, 0.29) is 53.9 Å². The molecular weight excluding hydrogens is 515 g/mol. The summed E-state index contributed by atoms with van der Waals surface area (Å²) in [6.45, 7) is 2.11. The van der Waals surface area contributed by atoms with E-state index in [1.54, 1.807) is 9.80 Å². The number of carbonyl (C=O) groups excluding carboxylic acids is 2. The molecule has 4 aliphatic heterocycles. The fourth-order valence-electron chi connectivity index (χ4n) is 5.85. The molecule has 0 radical (unpaired) electrons. The predicted molar refractivity (Wildman–Crippen MR) is 124 cm³/mol. The Bertz CT molecular complexity index is 1150. The zero-order chi connectivity index (χ0) is 26.4. The third-order valence-corrected chi connectivity index (χ3v) is 9.68. The number of carbonyl (C=O) groups is 2. The van der Waals surface area contributed by atoms with Crippen LogP contribution in [0, 0.1) is 5.92 Å². The van der Waals surface area contributed by atoms with Crippen LogP contribution in [0.2, 0.25) is 0 Å². The molecule has 4 saturated heterocycles. The monoisotopic (exact) mass is 545 g/mol. The molecular formula is C24H30F3N3O6S. The Morgan fingerprint density at radius 1 is 1.16 bits per heavy atom. The van der Waals surface area contributed by atoms with Crippen molar-refractivity contribution in [3.8, 4) is 0 Å². The average Bonchev–Trinajstić information content (AvgIpc) is 3.24. The highest BCUT2D eigenvalue weighted by Crippen LogP contribution is 2.40. The van der Waals surface area contributed by atoms with Crippen molar-refractivity contribution < 1.29 is 40.7 Å². The van der Waals surface area contributed by atoms with Gasteiger partial charge in [0.15, 0.2) is 9.84 Å². The van der Waals surface area contributed by atoms with Gasteiger partial charge in [0.25, 0.3) is 0 Å². The molecule has 4 aliphatic rings. The molecule has 5 rings (SSSR count). The van der Waals surface area contributed by atoms with Gasteiger partial charge in [-0.25, -0.2) is 13.2 Å². The number of halogens is 3. The Labute approximate surface area is 213 Å². The number of hydrogen-bond donors (Lipinski definition) is 1. The second-order valence-corrected chi connectivity index (χ2v) is 12.4. The topological polar surface area (TPSA) is 105 Å². The molecule has 9 nitrogen and oxygen atoms in total. The summed E-state index contributed by atoms with van der Waals surface area (Å²) in [7, 11) is -3.93. The van der Waals surface area contributed by atoms with Crippen molar-refractivity contribution in [3.63, 3.8) is 0 Å². The Morgan fingerprint density at radius 3 is 2.65 bits per heavy atom. The van der Waals surface area contributed by atoms with Crippen LogP contribution >= 0.6 is 0 Å². The maximum Gasteiger partial charge on any atom is 0.416 e. The van der Waals surface area contributed by atoms with E-state index in [1.807, 2.05) is 0 Å². The van der Waals surface area contributed by atoms with Crippen molar-refractivity contribution in [2.24, 2.45) is 5.92 Å². The van der Waals surface area contributed by atoms with Crippen molar-refractivity contribution in [1.29, 1.82) is 0 Å². The van der Waals surface area contributed by atoms with Crippen molar-refractivity contribution in [2.45, 2.75) is 54.5 Å². The molecule has 204 valence electrons. The molecule has 0 aliphatic carbocycles. The molecule has 0 saturated carbocycles. The summed E-state index contributed by atoms with van der Waals surface area (Å²) in [4.78, 5) is 27.9. The van der Waals surface area contributed by atoms with Crippen LogP contribution in [0.1, 0.15) is 31.2 Å². The first-order chi connectivity index (χ1) is 17.4. The second-order valence-electron chi connectivity index (χ2n) is 10.4. The van der Waals surface area contributed by atoms with Gasteiger partial charge in [-0.15, -0.1) is 0 Å². The highest BCUT2D eigenvalue weighted by molar-refractivity contribution is 7.91. The van der Waals surface area contributed by atoms with Gasteiger partial charge < -0.3 is 24.6 Å². The first-order valence-corrected chi connectivity index (χ1v) is 14.1. The molecule has 4 fully saturated rings. The number of alkyl halides is 3. The van der Waals surface area contributed by atoms with Crippen molar-refractivity contribution >= 4 is 21.8 Å². The standard InChI is InChI=1S/C24H30F3N3O6S/c25-24(26,27)17-2-1-3-18(10-17)37(33,34)15-16-11-23(36-13-16)5-8-29(9-6-23)22(32)30-7-4-20-19(12-30)28-21(31)14-35-20/h1-3,10,16,19-20H,4-9,11-15H2,(H,28,31)/t16-,19-,20+/m1/s1. The summed E-state index contributed by atoms with van der Waals surface area (Å²) in [5, 5.41) is 2.89. The van der Waals surface area contributed by atoms with Gasteiger partial charge in [-0.2, -0.15) is 13.2 Å². The smallest absolute Gasteiger partial charge is 0.375 e. The summed E-state index contributed by atoms with van der Waals surface area (Å²) < 4.78 is 76.4. The number of amides is 3. The van der Waals surface area contributed by atoms with Crippen molar-refractivity contribution in [1.82, 2.24) is 15.1 Å². The Balaban J connectivity index is 1.15. The zero-order valence-electron chi connectivity index (χ0n) is 20.2. The molecule has 1 aromatic carbocycles. The normalized spacial score (nSPS) is 28.2. The molecule has 13 heteroatoms. The van der Waals surface area contributed by atoms with Crippen LogP contribution in [0.5, 0.6) is 0 Å². The largest absolute Gasteiger partial charge is 0.416 e. The molecule has 0 unspecified atom stereocenters. The Hall–Kier alpha value is -2.38. The number of likely N-dealkylation sites (tertiary alicyclic amines) is 2. The summed E-state index contributed by atoms with van der Waals surface area (Å²) in [6, 6.07) is 3.50. The van der Waals surface area contributed by atoms with E-state index in [1.165, 1.54) is 6.07 Å². The minimum atomic E-state index is -4.62. The second kappa shape index (κ2) is 9.73. The van der Waals surface area contributed by atoms with E-state index in [0.29, 0.717) is 57.9 Å². The van der Waals surface area contributed by atoms with E-state index in [0.717, 1.165) is 12.1 Å². The molecule has 0 bridgehead atoms. The number of urea groups is 1. The number of nitrogens with one attached hydrogen (secondary N) is 1. The van der Waals surface area contributed by atoms with Crippen LogP contribution in [0.15, 0.2) is 29.2 Å². The Kier molecular flexibility index (Phi) is 6.90. The van der Waals surface area contributed by atoms with E-state index < -0.39 is 27.2 Å². The SMILES string of the molecule is O=C1CO[C@H]2CCN(C(=O)N3CCC4(CC3)C[C@@H](CS(=O)(=O)c3cccc(C(F)(F)F)c3)CO4)C[C@H]2N1. The summed E-state index contributed by atoms with van der Waals surface area (Å²) in [6.07, 6.45) is -2.46. The van der Waals surface area contributed by atoms with Gasteiger partial charge in [-0.05, 0) is 49.8 Å². The summed E-state index contributed by atoms with van der Waals surface area (Å²) in [5.41, 5.74) is -1.53. The van der Waals surface area contributed by atoms with Gasteiger partial charge in [0.2, 0.25) is 5.91 Å². The maximum absolute atomic E-state index is 13.1. The van der Waals surface area contributed by atoms with Crippen LogP contribution < -0.4 is 5.32 Å². The number of sulfone groups is 1. The third-order valence-electron chi connectivity index (χ3n) is 7.80. The first-order valence-electron chi connectivity index (χ1n) is 12.4. The lowest BCUT2D eigenvalue weighted by Gasteiger charge is -2.44. The molecule has 1 N–H and O–H groups in total.